The van der Waals surface area contributed by atoms with E-state index >= 15 is 0 Å². The van der Waals surface area contributed by atoms with Gasteiger partial charge in [0.25, 0.3) is 0 Å². The van der Waals surface area contributed by atoms with Crippen LogP contribution in [0.1, 0.15) is 37.2 Å². The topological polar surface area (TPSA) is 66.1 Å². The molecule has 0 saturated carbocycles. The Kier molecular flexibility index (Phi) is 5.37. The fourth-order valence-corrected chi connectivity index (χ4v) is 4.02. The van der Waals surface area contributed by atoms with Crippen LogP contribution >= 0.6 is 15.9 Å². The van der Waals surface area contributed by atoms with Gasteiger partial charge in [0, 0.05) is 35.3 Å². The van der Waals surface area contributed by atoms with Crippen molar-refractivity contribution in [2.75, 3.05) is 18.6 Å². The van der Waals surface area contributed by atoms with Crippen LogP contribution in [-0.4, -0.2) is 48.4 Å². The Morgan fingerprint density at radius 1 is 1.60 bits per heavy atom. The lowest BCUT2D eigenvalue weighted by Crippen LogP contribution is -2.31. The summed E-state index contributed by atoms with van der Waals surface area (Å²) in [6.07, 6.45) is 3.64. The molecule has 1 saturated heterocycles. The van der Waals surface area contributed by atoms with Gasteiger partial charge in [-0.05, 0) is 19.8 Å². The molecule has 0 spiro atoms. The van der Waals surface area contributed by atoms with Crippen molar-refractivity contribution in [2.45, 2.75) is 37.1 Å². The number of carbonyl (C=O) groups excluding carboxylic acids is 1. The normalized spacial score (nSPS) is 24.4. The molecular weight excluding hydrogens is 342 g/mol. The number of aromatic amines is 1. The first kappa shape index (κ1) is 15.7. The molecule has 5 nitrogen and oxygen atoms in total. The van der Waals surface area contributed by atoms with E-state index in [9.17, 15) is 9.00 Å². The highest BCUT2D eigenvalue weighted by Crippen LogP contribution is 2.25. The number of H-pyrrole nitrogens is 1. The van der Waals surface area contributed by atoms with Crippen molar-refractivity contribution in [1.82, 2.24) is 14.9 Å². The Balaban J connectivity index is 1.95. The molecule has 0 aliphatic carbocycles. The number of imidazole rings is 1. The lowest BCUT2D eigenvalue weighted by Gasteiger charge is -2.19. The summed E-state index contributed by atoms with van der Waals surface area (Å²) in [5.74, 6) is 2.91. The molecule has 1 amide bonds. The van der Waals surface area contributed by atoms with E-state index in [4.69, 9.17) is 0 Å². The van der Waals surface area contributed by atoms with Gasteiger partial charge < -0.3 is 9.88 Å². The zero-order chi connectivity index (χ0) is 14.7. The number of amides is 1. The highest BCUT2D eigenvalue weighted by molar-refractivity contribution is 9.10. The van der Waals surface area contributed by atoms with Crippen LogP contribution in [-0.2, 0) is 22.1 Å². The van der Waals surface area contributed by atoms with Crippen molar-refractivity contribution < 1.29 is 9.00 Å². The van der Waals surface area contributed by atoms with Gasteiger partial charge in [-0.15, -0.1) is 0 Å². The van der Waals surface area contributed by atoms with Crippen LogP contribution in [0.25, 0.3) is 0 Å². The summed E-state index contributed by atoms with van der Waals surface area (Å²) < 4.78 is 11.4. The Bertz CT molecular complexity index is 494. The Morgan fingerprint density at radius 3 is 2.85 bits per heavy atom. The molecular formula is C13H20BrN3O2S. The molecule has 2 heterocycles. The molecule has 1 N–H and O–H groups in total. The van der Waals surface area contributed by atoms with Gasteiger partial charge in [0.05, 0.1) is 23.3 Å². The Morgan fingerprint density at radius 2 is 2.25 bits per heavy atom. The summed E-state index contributed by atoms with van der Waals surface area (Å²) in [6, 6.07) is 0. The van der Waals surface area contributed by atoms with E-state index in [1.54, 1.807) is 18.1 Å². The molecule has 1 unspecified atom stereocenters. The second-order valence-electron chi connectivity index (χ2n) is 5.23. The lowest BCUT2D eigenvalue weighted by atomic mass is 10.0. The minimum atomic E-state index is -0.648. The maximum Gasteiger partial charge on any atom is 0.236 e. The van der Waals surface area contributed by atoms with Crippen LogP contribution < -0.4 is 0 Å². The first-order valence-electron chi connectivity index (χ1n) is 6.75. The third-order valence-electron chi connectivity index (χ3n) is 3.55. The molecule has 0 aromatic carbocycles. The Labute approximate surface area is 130 Å². The van der Waals surface area contributed by atoms with Gasteiger partial charge in [-0.1, -0.05) is 15.9 Å². The second kappa shape index (κ2) is 6.85. The zero-order valence-electron chi connectivity index (χ0n) is 11.8. The average molecular weight is 362 g/mol. The van der Waals surface area contributed by atoms with Crippen molar-refractivity contribution in [3.8, 4) is 0 Å². The summed E-state index contributed by atoms with van der Waals surface area (Å²) in [7, 11) is 1.13. The predicted octanol–water partition coefficient (Wildman–Crippen LogP) is 1.78. The molecule has 2 rings (SSSR count). The summed E-state index contributed by atoms with van der Waals surface area (Å²) >= 11 is 3.28. The molecule has 1 aliphatic heterocycles. The van der Waals surface area contributed by atoms with Gasteiger partial charge in [0.1, 0.15) is 5.82 Å². The standard InChI is InChI=1S/C13H20BrN3O2S/c1-9(14)13(18)17(2)8-11-7-15-12(16-11)10-3-5-20(19)6-4-10/h7,9-10H,3-6,8H2,1-2H3,(H,15,16). The summed E-state index contributed by atoms with van der Waals surface area (Å²) in [6.45, 7) is 2.35. The largest absolute Gasteiger partial charge is 0.344 e. The minimum absolute atomic E-state index is 0.0502. The van der Waals surface area contributed by atoms with Crippen molar-refractivity contribution in [3.63, 3.8) is 0 Å². The second-order valence-corrected chi connectivity index (χ2v) is 8.30. The van der Waals surface area contributed by atoms with E-state index in [0.717, 1.165) is 35.9 Å². The summed E-state index contributed by atoms with van der Waals surface area (Å²) in [5.41, 5.74) is 0.940. The maximum atomic E-state index is 11.8. The van der Waals surface area contributed by atoms with Gasteiger partial charge in [-0.2, -0.15) is 0 Å². The third-order valence-corrected chi connectivity index (χ3v) is 5.32. The van der Waals surface area contributed by atoms with Crippen molar-refractivity contribution in [3.05, 3.63) is 17.7 Å². The van der Waals surface area contributed by atoms with Crippen LogP contribution in [0.3, 0.4) is 0 Å². The van der Waals surface area contributed by atoms with Crippen LogP contribution in [0.2, 0.25) is 0 Å². The van der Waals surface area contributed by atoms with Crippen LogP contribution in [0, 0.1) is 0 Å². The molecule has 0 radical (unpaired) electrons. The first-order chi connectivity index (χ1) is 9.47. The van der Waals surface area contributed by atoms with Gasteiger partial charge in [-0.3, -0.25) is 9.00 Å². The van der Waals surface area contributed by atoms with E-state index in [2.05, 4.69) is 25.9 Å². The predicted molar refractivity (Wildman–Crippen MR) is 83.3 cm³/mol. The van der Waals surface area contributed by atoms with Crippen molar-refractivity contribution >= 4 is 32.6 Å². The highest BCUT2D eigenvalue weighted by Gasteiger charge is 2.22. The molecule has 0 bridgehead atoms. The van der Waals surface area contributed by atoms with E-state index < -0.39 is 10.8 Å². The third kappa shape index (κ3) is 3.91. The van der Waals surface area contributed by atoms with Gasteiger partial charge in [-0.25, -0.2) is 4.98 Å². The highest BCUT2D eigenvalue weighted by atomic mass is 79.9. The summed E-state index contributed by atoms with van der Waals surface area (Å²) in [5, 5.41) is 0. The molecule has 7 heteroatoms. The monoisotopic (exact) mass is 361 g/mol. The molecule has 1 atom stereocenters. The lowest BCUT2D eigenvalue weighted by molar-refractivity contribution is -0.129. The molecule has 1 aromatic rings. The van der Waals surface area contributed by atoms with Gasteiger partial charge >= 0.3 is 0 Å². The van der Waals surface area contributed by atoms with Gasteiger partial charge in [0.2, 0.25) is 5.91 Å². The number of aromatic nitrogens is 2. The molecule has 1 fully saturated rings. The number of halogens is 1. The molecule has 1 aromatic heterocycles. The van der Waals surface area contributed by atoms with Crippen LogP contribution in [0.4, 0.5) is 0 Å². The van der Waals surface area contributed by atoms with Crippen molar-refractivity contribution in [1.29, 1.82) is 0 Å². The van der Waals surface area contributed by atoms with Gasteiger partial charge in [0.15, 0.2) is 0 Å². The van der Waals surface area contributed by atoms with E-state index in [0.29, 0.717) is 12.5 Å². The molecule has 112 valence electrons. The van der Waals surface area contributed by atoms with Crippen LogP contribution in [0.15, 0.2) is 6.20 Å². The number of carbonyl (C=O) groups is 1. The maximum absolute atomic E-state index is 11.8. The smallest absolute Gasteiger partial charge is 0.236 e. The van der Waals surface area contributed by atoms with E-state index in [-0.39, 0.29) is 10.7 Å². The number of hydrogen-bond donors (Lipinski definition) is 1. The molecule has 20 heavy (non-hydrogen) atoms. The Hall–Kier alpha value is -0.690. The first-order valence-corrected chi connectivity index (χ1v) is 9.15. The fourth-order valence-electron chi connectivity index (χ4n) is 2.37. The number of nitrogens with zero attached hydrogens (tertiary/aromatic N) is 2. The fraction of sp³-hybridized carbons (Fsp3) is 0.692. The number of hydrogen-bond acceptors (Lipinski definition) is 3. The number of rotatable bonds is 4. The van der Waals surface area contributed by atoms with Crippen LogP contribution in [0.5, 0.6) is 0 Å². The number of alkyl halides is 1. The van der Waals surface area contributed by atoms with E-state index in [1.165, 1.54) is 0 Å². The average Bonchev–Trinajstić information content (AvgIpc) is 2.87. The summed E-state index contributed by atoms with van der Waals surface area (Å²) in [4.78, 5) is 21.0. The molecule has 1 aliphatic rings. The van der Waals surface area contributed by atoms with E-state index in [1.807, 2.05) is 6.92 Å². The van der Waals surface area contributed by atoms with Crippen molar-refractivity contribution in [2.24, 2.45) is 0 Å². The number of nitrogens with one attached hydrogen (secondary N) is 1. The quantitative estimate of drug-likeness (QED) is 0.831. The minimum Gasteiger partial charge on any atom is -0.344 e. The zero-order valence-corrected chi connectivity index (χ0v) is 14.2. The SMILES string of the molecule is CC(Br)C(=O)N(C)Cc1cnc(C2CCS(=O)CC2)[nH]1.